The van der Waals surface area contributed by atoms with Gasteiger partial charge >= 0.3 is 0 Å². The fraction of sp³-hybridized carbons (Fsp3) is 0.234. The molecule has 304 valence electrons. The minimum absolute atomic E-state index is 0.0356. The summed E-state index contributed by atoms with van der Waals surface area (Å²) in [6, 6.07) is 43.0. The van der Waals surface area contributed by atoms with Crippen LogP contribution in [0.1, 0.15) is 33.5 Å². The molecule has 1 aliphatic rings. The number of carbonyl (C=O) groups is 1. The average Bonchev–Trinajstić information content (AvgIpc) is 3.26. The Hall–Kier alpha value is -5.17. The van der Waals surface area contributed by atoms with Gasteiger partial charge < -0.3 is 15.5 Å². The summed E-state index contributed by atoms with van der Waals surface area (Å²) < 4.78 is 29.2. The summed E-state index contributed by atoms with van der Waals surface area (Å²) in [6.07, 6.45) is 4.45. The quantitative estimate of drug-likeness (QED) is 0.0614. The molecule has 0 unspecified atom stereocenters. The summed E-state index contributed by atoms with van der Waals surface area (Å²) in [4.78, 5) is 23.3. The molecule has 7 rings (SSSR count). The van der Waals surface area contributed by atoms with E-state index in [1.165, 1.54) is 21.6 Å². The van der Waals surface area contributed by atoms with E-state index in [0.717, 1.165) is 85.5 Å². The van der Waals surface area contributed by atoms with Crippen LogP contribution in [0.2, 0.25) is 5.02 Å². The number of hydrogen-bond acceptors (Lipinski definition) is 9. The van der Waals surface area contributed by atoms with Gasteiger partial charge in [0.2, 0.25) is 0 Å². The topological polar surface area (TPSA) is 107 Å². The number of carbonyl (C=O) groups excluding carboxylic acids is 1. The van der Waals surface area contributed by atoms with E-state index < -0.39 is 15.9 Å². The van der Waals surface area contributed by atoms with Gasteiger partial charge in [0.25, 0.3) is 15.9 Å². The van der Waals surface area contributed by atoms with Gasteiger partial charge in [0, 0.05) is 90.3 Å². The summed E-state index contributed by atoms with van der Waals surface area (Å²) in [5.74, 6) is 0.157. The molecule has 9 nitrogen and oxygen atoms in total. The summed E-state index contributed by atoms with van der Waals surface area (Å²) in [7, 11) is -4.12. The van der Waals surface area contributed by atoms with Gasteiger partial charge in [-0.2, -0.15) is 0 Å². The van der Waals surface area contributed by atoms with Crippen LogP contribution < -0.4 is 20.3 Å². The molecule has 1 saturated heterocycles. The van der Waals surface area contributed by atoms with Gasteiger partial charge in [0.15, 0.2) is 0 Å². The summed E-state index contributed by atoms with van der Waals surface area (Å²) in [6.45, 7) is 7.73. The summed E-state index contributed by atoms with van der Waals surface area (Å²) >= 11 is 7.91. The number of nitrogens with one attached hydrogen (secondary N) is 3. The van der Waals surface area contributed by atoms with Crippen molar-refractivity contribution in [2.45, 2.75) is 42.3 Å². The lowest BCUT2D eigenvalue weighted by Gasteiger charge is -2.36. The van der Waals surface area contributed by atoms with E-state index in [2.05, 4.69) is 78.7 Å². The number of anilines is 2. The molecular formula is C47H49ClN6O3S2. The van der Waals surface area contributed by atoms with Gasteiger partial charge in [-0.1, -0.05) is 66.2 Å². The maximum Gasteiger partial charge on any atom is 0.264 e. The minimum atomic E-state index is -4.12. The van der Waals surface area contributed by atoms with Crippen LogP contribution in [-0.2, 0) is 23.1 Å². The molecule has 12 heteroatoms. The van der Waals surface area contributed by atoms with Gasteiger partial charge in [-0.05, 0) is 127 Å². The van der Waals surface area contributed by atoms with E-state index in [4.69, 9.17) is 11.6 Å². The Labute approximate surface area is 357 Å². The molecule has 0 aliphatic carbocycles. The highest BCUT2D eigenvalue weighted by atomic mass is 35.5. The number of nitrogens with zero attached hydrogens (tertiary/aromatic N) is 3. The third-order valence-corrected chi connectivity index (χ3v) is 13.2. The van der Waals surface area contributed by atoms with Crippen molar-refractivity contribution in [2.75, 3.05) is 48.7 Å². The van der Waals surface area contributed by atoms with Crippen LogP contribution >= 0.6 is 23.4 Å². The molecule has 2 heterocycles. The number of piperazine rings is 1. The zero-order chi connectivity index (χ0) is 41.0. The number of rotatable bonds is 17. The smallest absolute Gasteiger partial charge is 0.264 e. The van der Waals surface area contributed by atoms with Crippen molar-refractivity contribution in [3.8, 4) is 11.1 Å². The third kappa shape index (κ3) is 11.7. The SMILES string of the molecule is Cc1cc(S(=O)(=O)NC(=O)c2ccc(N3CCN(Cc4ccccc4-c4ccc(Cl)cc4)CC3)cc2)ccc1N[C@H](CCNCc1ccncc1)CSc1ccccc1. The van der Waals surface area contributed by atoms with Crippen molar-refractivity contribution in [1.82, 2.24) is 19.9 Å². The number of halogens is 1. The largest absolute Gasteiger partial charge is 0.381 e. The number of pyridine rings is 1. The van der Waals surface area contributed by atoms with Crippen molar-refractivity contribution in [3.05, 3.63) is 173 Å². The summed E-state index contributed by atoms with van der Waals surface area (Å²) in [5, 5.41) is 7.90. The molecule has 1 aromatic heterocycles. The lowest BCUT2D eigenvalue weighted by atomic mass is 9.99. The van der Waals surface area contributed by atoms with E-state index in [1.807, 2.05) is 61.5 Å². The van der Waals surface area contributed by atoms with E-state index in [-0.39, 0.29) is 16.5 Å². The molecule has 1 aliphatic heterocycles. The van der Waals surface area contributed by atoms with E-state index in [1.54, 1.807) is 54.5 Å². The normalized spacial score (nSPS) is 13.8. The number of benzene rings is 5. The van der Waals surface area contributed by atoms with E-state index >= 15 is 0 Å². The van der Waals surface area contributed by atoms with Crippen molar-refractivity contribution in [1.29, 1.82) is 0 Å². The number of hydrogen-bond donors (Lipinski definition) is 3. The van der Waals surface area contributed by atoms with Crippen molar-refractivity contribution >= 4 is 50.7 Å². The number of aryl methyl sites for hydroxylation is 1. The van der Waals surface area contributed by atoms with Gasteiger partial charge in [0.05, 0.1) is 4.90 Å². The summed E-state index contributed by atoms with van der Waals surface area (Å²) in [5.41, 5.74) is 7.71. The molecule has 3 N–H and O–H groups in total. The number of amides is 1. The van der Waals surface area contributed by atoms with Crippen LogP contribution in [0.4, 0.5) is 11.4 Å². The fourth-order valence-electron chi connectivity index (χ4n) is 7.14. The predicted molar refractivity (Wildman–Crippen MR) is 242 cm³/mol. The molecule has 0 saturated carbocycles. The maximum atomic E-state index is 13.5. The second-order valence-electron chi connectivity index (χ2n) is 14.7. The van der Waals surface area contributed by atoms with Crippen molar-refractivity contribution in [3.63, 3.8) is 0 Å². The number of sulfonamides is 1. The van der Waals surface area contributed by atoms with Crippen LogP contribution in [0.5, 0.6) is 0 Å². The molecule has 1 atom stereocenters. The maximum absolute atomic E-state index is 13.5. The first-order chi connectivity index (χ1) is 28.7. The Bertz CT molecular complexity index is 2400. The van der Waals surface area contributed by atoms with Gasteiger partial charge in [-0.3, -0.25) is 14.7 Å². The Balaban J connectivity index is 0.920. The van der Waals surface area contributed by atoms with Crippen LogP contribution in [-0.4, -0.2) is 68.7 Å². The lowest BCUT2D eigenvalue weighted by Crippen LogP contribution is -2.46. The Morgan fingerprint density at radius 1 is 0.831 bits per heavy atom. The Kier molecular flexibility index (Phi) is 14.4. The standard InChI is InChI=1S/C47H49ClN6O3S2/c1-35-31-44(19-20-46(35)51-41(34-58-43-8-3-2-4-9-43)23-26-50-32-36-21-24-49-25-22-36)59(56,57)52-47(55)38-13-17-42(18-14-38)54-29-27-53(28-30-54)33-39-7-5-6-10-45(39)37-11-15-40(48)16-12-37/h2-22,24-25,31,41,50-51H,23,26-30,32-34H2,1H3,(H,52,55)/t41-/m1/s1. The van der Waals surface area contributed by atoms with Crippen LogP contribution in [0.3, 0.4) is 0 Å². The highest BCUT2D eigenvalue weighted by Crippen LogP contribution is 2.28. The van der Waals surface area contributed by atoms with Crippen LogP contribution in [0.25, 0.3) is 11.1 Å². The molecule has 0 spiro atoms. The number of aromatic nitrogens is 1. The van der Waals surface area contributed by atoms with Crippen molar-refractivity contribution < 1.29 is 13.2 Å². The van der Waals surface area contributed by atoms with Crippen LogP contribution in [0.15, 0.2) is 156 Å². The van der Waals surface area contributed by atoms with Gasteiger partial charge in [-0.25, -0.2) is 13.1 Å². The van der Waals surface area contributed by atoms with Crippen molar-refractivity contribution in [2.24, 2.45) is 0 Å². The predicted octanol–water partition coefficient (Wildman–Crippen LogP) is 8.90. The first-order valence-electron chi connectivity index (χ1n) is 19.8. The van der Waals surface area contributed by atoms with Gasteiger partial charge in [0.1, 0.15) is 0 Å². The molecule has 0 radical (unpaired) electrons. The Morgan fingerprint density at radius 2 is 1.54 bits per heavy atom. The molecule has 1 amide bonds. The lowest BCUT2D eigenvalue weighted by molar-refractivity contribution is 0.0981. The highest BCUT2D eigenvalue weighted by molar-refractivity contribution is 7.99. The Morgan fingerprint density at radius 3 is 2.27 bits per heavy atom. The van der Waals surface area contributed by atoms with E-state index in [0.29, 0.717) is 0 Å². The molecular weight excluding hydrogens is 796 g/mol. The number of thioether (sulfide) groups is 1. The third-order valence-electron chi connectivity index (χ3n) is 10.5. The molecule has 59 heavy (non-hydrogen) atoms. The zero-order valence-corrected chi connectivity index (χ0v) is 35.4. The first kappa shape index (κ1) is 42.0. The van der Waals surface area contributed by atoms with Gasteiger partial charge in [-0.15, -0.1) is 11.8 Å². The first-order valence-corrected chi connectivity index (χ1v) is 22.7. The highest BCUT2D eigenvalue weighted by Gasteiger charge is 2.22. The molecule has 5 aromatic carbocycles. The molecule has 6 aromatic rings. The zero-order valence-electron chi connectivity index (χ0n) is 33.1. The fourth-order valence-corrected chi connectivity index (χ4v) is 9.32. The minimum Gasteiger partial charge on any atom is -0.381 e. The second kappa shape index (κ2) is 20.2. The second-order valence-corrected chi connectivity index (χ2v) is 17.9. The average molecular weight is 846 g/mol. The molecule has 0 bridgehead atoms. The molecule has 1 fully saturated rings. The monoisotopic (exact) mass is 844 g/mol. The van der Waals surface area contributed by atoms with Crippen LogP contribution in [0, 0.1) is 6.92 Å². The van der Waals surface area contributed by atoms with E-state index in [9.17, 15) is 13.2 Å².